The van der Waals surface area contributed by atoms with Gasteiger partial charge in [-0.3, -0.25) is 4.79 Å². The van der Waals surface area contributed by atoms with Gasteiger partial charge in [-0.1, -0.05) is 19.9 Å². The van der Waals surface area contributed by atoms with E-state index in [0.29, 0.717) is 6.61 Å². The molecule has 15 heavy (non-hydrogen) atoms. The van der Waals surface area contributed by atoms with Crippen LogP contribution in [0.5, 0.6) is 0 Å². The fourth-order valence-electron chi connectivity index (χ4n) is 0.775. The highest BCUT2D eigenvalue weighted by atomic mass is 32.2. The Morgan fingerprint density at radius 3 is 2.60 bits per heavy atom. The first-order valence-corrected chi connectivity index (χ1v) is 6.18. The zero-order valence-corrected chi connectivity index (χ0v) is 9.92. The summed E-state index contributed by atoms with van der Waals surface area (Å²) >= 11 is 0. The van der Waals surface area contributed by atoms with E-state index in [1.165, 1.54) is 7.05 Å². The molecule has 0 aromatic rings. The first-order chi connectivity index (χ1) is 6.94. The number of hydrogen-bond donors (Lipinski definition) is 0. The topological polar surface area (TPSA) is 63.7 Å². The lowest BCUT2D eigenvalue weighted by atomic mass is 10.4. The Morgan fingerprint density at radius 2 is 2.13 bits per heavy atom. The quantitative estimate of drug-likeness (QED) is 0.482. The van der Waals surface area contributed by atoms with Crippen LogP contribution < -0.4 is 0 Å². The average molecular weight is 235 g/mol. The number of rotatable bonds is 7. The van der Waals surface area contributed by atoms with Gasteiger partial charge in [0.25, 0.3) is 0 Å². The number of likely N-dealkylation sites (N-methyl/N-ethyl adjacent to an activating group) is 1. The lowest BCUT2D eigenvalue weighted by Crippen LogP contribution is -2.31. The van der Waals surface area contributed by atoms with Crippen LogP contribution in [0.2, 0.25) is 0 Å². The number of esters is 1. The van der Waals surface area contributed by atoms with Crippen LogP contribution in [0.25, 0.3) is 0 Å². The molecule has 0 aromatic carbocycles. The molecule has 0 unspecified atom stereocenters. The predicted octanol–water partition coefficient (Wildman–Crippen LogP) is 0.735. The molecule has 0 rings (SSSR count). The molecule has 0 bridgehead atoms. The maximum Gasteiger partial charge on any atom is 0.321 e. The smallest absolute Gasteiger partial charge is 0.321 e. The van der Waals surface area contributed by atoms with Crippen molar-refractivity contribution in [1.29, 1.82) is 0 Å². The van der Waals surface area contributed by atoms with Crippen molar-refractivity contribution in [2.75, 3.05) is 20.2 Å². The molecule has 0 saturated carbocycles. The first-order valence-electron chi connectivity index (χ1n) is 4.68. The maximum atomic E-state index is 11.2. The highest BCUT2D eigenvalue weighted by molar-refractivity contribution is 7.92. The van der Waals surface area contributed by atoms with Gasteiger partial charge in [-0.15, -0.1) is 0 Å². The van der Waals surface area contributed by atoms with Crippen molar-refractivity contribution < 1.29 is 17.9 Å². The Bertz CT molecular complexity index is 310. The molecule has 0 aliphatic rings. The van der Waals surface area contributed by atoms with E-state index >= 15 is 0 Å². The molecule has 0 heterocycles. The van der Waals surface area contributed by atoms with Crippen molar-refractivity contribution in [3.63, 3.8) is 0 Å². The molecule has 0 aliphatic carbocycles. The summed E-state index contributed by atoms with van der Waals surface area (Å²) in [5.41, 5.74) is 0. The Labute approximate surface area is 90.8 Å². The molecule has 0 aromatic heterocycles. The number of unbranched alkanes of at least 4 members (excludes halogenated alkanes) is 1. The summed E-state index contributed by atoms with van der Waals surface area (Å²) in [4.78, 5) is 11.1. The highest BCUT2D eigenvalue weighted by Crippen LogP contribution is 1.99. The van der Waals surface area contributed by atoms with E-state index in [4.69, 9.17) is 4.74 Å². The van der Waals surface area contributed by atoms with Crippen LogP contribution in [0, 0.1) is 0 Å². The molecular weight excluding hydrogens is 218 g/mol. The third kappa shape index (κ3) is 5.54. The Balaban J connectivity index is 4.02. The van der Waals surface area contributed by atoms with E-state index in [-0.39, 0.29) is 6.54 Å². The summed E-state index contributed by atoms with van der Waals surface area (Å²) in [6.07, 6.45) is 1.71. The van der Waals surface area contributed by atoms with Crippen molar-refractivity contribution in [3.05, 3.63) is 12.0 Å². The minimum absolute atomic E-state index is 0.280. The second-order valence-corrected chi connectivity index (χ2v) is 5.03. The van der Waals surface area contributed by atoms with Gasteiger partial charge in [0.1, 0.15) is 6.54 Å². The van der Waals surface area contributed by atoms with E-state index in [9.17, 15) is 13.2 Å². The summed E-state index contributed by atoms with van der Waals surface area (Å²) in [6, 6.07) is 0. The standard InChI is InChI=1S/C9H17NO4S/c1-4-6-7-14-9(11)8-10(3)15(12,13)5-2/h5H,2,4,6-8H2,1,3H3. The molecule has 0 radical (unpaired) electrons. The Kier molecular flexibility index (Phi) is 6.19. The third-order valence-electron chi connectivity index (χ3n) is 1.76. The number of sulfonamides is 1. The summed E-state index contributed by atoms with van der Waals surface area (Å²) in [5.74, 6) is -0.545. The molecule has 88 valence electrons. The largest absolute Gasteiger partial charge is 0.465 e. The van der Waals surface area contributed by atoms with Crippen molar-refractivity contribution >= 4 is 16.0 Å². The van der Waals surface area contributed by atoms with Crippen LogP contribution in [0.4, 0.5) is 0 Å². The number of nitrogens with zero attached hydrogens (tertiary/aromatic N) is 1. The van der Waals surface area contributed by atoms with Crippen molar-refractivity contribution in [2.45, 2.75) is 19.8 Å². The number of hydrogen-bond acceptors (Lipinski definition) is 4. The molecule has 0 spiro atoms. The van der Waals surface area contributed by atoms with Gasteiger partial charge < -0.3 is 4.74 Å². The zero-order chi connectivity index (χ0) is 11.9. The highest BCUT2D eigenvalue weighted by Gasteiger charge is 2.17. The van der Waals surface area contributed by atoms with E-state index in [1.54, 1.807) is 0 Å². The van der Waals surface area contributed by atoms with Gasteiger partial charge in [0.05, 0.1) is 6.61 Å². The van der Waals surface area contributed by atoms with Gasteiger partial charge in [-0.05, 0) is 6.42 Å². The summed E-state index contributed by atoms with van der Waals surface area (Å²) in [6.45, 7) is 5.18. The number of carbonyl (C=O) groups is 1. The molecule has 0 N–H and O–H groups in total. The van der Waals surface area contributed by atoms with Gasteiger partial charge in [0, 0.05) is 12.5 Å². The zero-order valence-electron chi connectivity index (χ0n) is 9.10. The SMILES string of the molecule is C=CS(=O)(=O)N(C)CC(=O)OCCCC. The van der Waals surface area contributed by atoms with E-state index in [1.807, 2.05) is 6.92 Å². The van der Waals surface area contributed by atoms with E-state index in [0.717, 1.165) is 22.6 Å². The lowest BCUT2D eigenvalue weighted by Gasteiger charge is -2.13. The molecule has 0 saturated heterocycles. The fraction of sp³-hybridized carbons (Fsp3) is 0.667. The average Bonchev–Trinajstić information content (AvgIpc) is 2.18. The van der Waals surface area contributed by atoms with Gasteiger partial charge in [0.2, 0.25) is 10.0 Å². The molecule has 0 fully saturated rings. The fourth-order valence-corrected chi connectivity index (χ4v) is 1.31. The molecular formula is C9H17NO4S. The summed E-state index contributed by atoms with van der Waals surface area (Å²) in [5, 5.41) is 0.798. The second kappa shape index (κ2) is 6.58. The molecule has 0 aliphatic heterocycles. The monoisotopic (exact) mass is 235 g/mol. The summed E-state index contributed by atoms with van der Waals surface area (Å²) in [7, 11) is -2.22. The van der Waals surface area contributed by atoms with Gasteiger partial charge in [0.15, 0.2) is 0 Å². The van der Waals surface area contributed by atoms with Crippen molar-refractivity contribution in [3.8, 4) is 0 Å². The van der Waals surface area contributed by atoms with Gasteiger partial charge in [-0.2, -0.15) is 4.31 Å². The van der Waals surface area contributed by atoms with Crippen LogP contribution in [-0.4, -0.2) is 38.9 Å². The van der Waals surface area contributed by atoms with Crippen molar-refractivity contribution in [2.24, 2.45) is 0 Å². The minimum atomic E-state index is -3.53. The van der Waals surface area contributed by atoms with Crippen LogP contribution in [0.15, 0.2) is 12.0 Å². The minimum Gasteiger partial charge on any atom is -0.465 e. The van der Waals surface area contributed by atoms with Crippen LogP contribution in [0.1, 0.15) is 19.8 Å². The predicted molar refractivity (Wildman–Crippen MR) is 57.6 cm³/mol. The number of ether oxygens (including phenoxy) is 1. The van der Waals surface area contributed by atoms with Gasteiger partial charge >= 0.3 is 5.97 Å². The first kappa shape index (κ1) is 14.1. The Morgan fingerprint density at radius 1 is 1.53 bits per heavy atom. The van der Waals surface area contributed by atoms with Crippen LogP contribution in [0.3, 0.4) is 0 Å². The maximum absolute atomic E-state index is 11.2. The number of carbonyl (C=O) groups excluding carboxylic acids is 1. The Hall–Kier alpha value is -0.880. The van der Waals surface area contributed by atoms with Crippen LogP contribution in [-0.2, 0) is 19.6 Å². The second-order valence-electron chi connectivity index (χ2n) is 3.04. The van der Waals surface area contributed by atoms with Gasteiger partial charge in [-0.25, -0.2) is 8.42 Å². The van der Waals surface area contributed by atoms with Crippen LogP contribution >= 0.6 is 0 Å². The normalized spacial score (nSPS) is 11.4. The third-order valence-corrected chi connectivity index (χ3v) is 3.18. The molecule has 6 heteroatoms. The lowest BCUT2D eigenvalue weighted by molar-refractivity contribution is -0.143. The molecule has 0 amide bonds. The van der Waals surface area contributed by atoms with Crippen molar-refractivity contribution in [1.82, 2.24) is 4.31 Å². The molecule has 0 atom stereocenters. The van der Waals surface area contributed by atoms with E-state index < -0.39 is 16.0 Å². The molecule has 5 nitrogen and oxygen atoms in total. The summed E-state index contributed by atoms with van der Waals surface area (Å²) < 4.78 is 28.0. The van der Waals surface area contributed by atoms with E-state index in [2.05, 4.69) is 6.58 Å².